The molecule has 0 heterocycles. The number of benzene rings is 1. The molecule has 1 N–H and O–H groups in total. The molecule has 7 nitrogen and oxygen atoms in total. The first-order valence-corrected chi connectivity index (χ1v) is 9.99. The second-order valence-electron chi connectivity index (χ2n) is 5.28. The molecule has 142 valence electrons. The zero-order valence-electron chi connectivity index (χ0n) is 15.4. The molecule has 0 atom stereocenters. The third-order valence-corrected chi connectivity index (χ3v) is 5.50. The van der Waals surface area contributed by atoms with Crippen LogP contribution in [0, 0.1) is 0 Å². The largest absolute Gasteiger partial charge is 0.492 e. The zero-order valence-corrected chi connectivity index (χ0v) is 16.2. The first-order chi connectivity index (χ1) is 11.9. The minimum atomic E-state index is -3.71. The van der Waals surface area contributed by atoms with Crippen LogP contribution in [0.1, 0.15) is 34.1 Å². The minimum Gasteiger partial charge on any atom is -0.492 e. The number of carbonyl (C=O) groups excluding carboxylic acids is 1. The number of carbonyl (C=O) groups is 1. The molecule has 8 heteroatoms. The average Bonchev–Trinajstić information content (AvgIpc) is 2.57. The van der Waals surface area contributed by atoms with Crippen molar-refractivity contribution in [3.05, 3.63) is 18.2 Å². The van der Waals surface area contributed by atoms with Crippen molar-refractivity contribution in [2.75, 3.05) is 38.2 Å². The second kappa shape index (κ2) is 10.4. The lowest BCUT2D eigenvalue weighted by atomic mass is 10.3. The Labute approximate surface area is 150 Å². The Bertz CT molecular complexity index is 657. The van der Waals surface area contributed by atoms with E-state index in [1.807, 2.05) is 6.92 Å². The van der Waals surface area contributed by atoms with Gasteiger partial charge in [-0.25, -0.2) is 8.42 Å². The van der Waals surface area contributed by atoms with Crippen molar-refractivity contribution in [2.24, 2.45) is 0 Å². The van der Waals surface area contributed by atoms with Gasteiger partial charge in [0.05, 0.1) is 6.61 Å². The monoisotopic (exact) mass is 372 g/mol. The molecule has 0 aliphatic carbocycles. The Morgan fingerprint density at radius 3 is 2.40 bits per heavy atom. The summed E-state index contributed by atoms with van der Waals surface area (Å²) in [5.41, 5.74) is 0.388. The van der Waals surface area contributed by atoms with Crippen LogP contribution in [0.2, 0.25) is 0 Å². The number of hydrogen-bond donors (Lipinski definition) is 1. The van der Waals surface area contributed by atoms with E-state index < -0.39 is 10.0 Å². The Balaban J connectivity index is 3.11. The van der Waals surface area contributed by atoms with Crippen molar-refractivity contribution in [2.45, 2.75) is 39.0 Å². The maximum atomic E-state index is 12.8. The van der Waals surface area contributed by atoms with E-state index in [4.69, 9.17) is 9.47 Å². The second-order valence-corrected chi connectivity index (χ2v) is 7.19. The number of ether oxygens (including phenoxy) is 2. The fraction of sp³-hybridized carbons (Fsp3) is 0.588. The van der Waals surface area contributed by atoms with Crippen LogP contribution in [0.15, 0.2) is 23.1 Å². The highest BCUT2D eigenvalue weighted by Crippen LogP contribution is 2.30. The molecule has 0 aliphatic heterocycles. The molecular formula is C17H28N2O5S. The van der Waals surface area contributed by atoms with Crippen LogP contribution < -0.4 is 10.1 Å². The van der Waals surface area contributed by atoms with Crippen molar-refractivity contribution >= 4 is 21.6 Å². The first kappa shape index (κ1) is 21.4. The maximum absolute atomic E-state index is 12.8. The Morgan fingerprint density at radius 1 is 1.16 bits per heavy atom. The summed E-state index contributed by atoms with van der Waals surface area (Å²) in [5, 5.41) is 2.66. The van der Waals surface area contributed by atoms with E-state index in [1.165, 1.54) is 10.4 Å². The Kier molecular flexibility index (Phi) is 8.88. The Morgan fingerprint density at radius 2 is 1.84 bits per heavy atom. The number of nitrogens with one attached hydrogen (secondary N) is 1. The molecule has 1 aromatic carbocycles. The predicted octanol–water partition coefficient (Wildman–Crippen LogP) is 2.48. The van der Waals surface area contributed by atoms with Crippen molar-refractivity contribution in [3.8, 4) is 5.75 Å². The molecule has 1 rings (SSSR count). The SMILES string of the molecule is CCCOCC(=O)Nc1ccc(OCC)c(S(=O)(=O)N(CC)CC)c1. The minimum absolute atomic E-state index is 0.0466. The topological polar surface area (TPSA) is 84.9 Å². The van der Waals surface area contributed by atoms with Crippen LogP contribution in [0.4, 0.5) is 5.69 Å². The van der Waals surface area contributed by atoms with Crippen molar-refractivity contribution < 1.29 is 22.7 Å². The lowest BCUT2D eigenvalue weighted by Crippen LogP contribution is -2.31. The molecule has 0 unspecified atom stereocenters. The van der Waals surface area contributed by atoms with Gasteiger partial charge in [-0.2, -0.15) is 4.31 Å². The van der Waals surface area contributed by atoms with Gasteiger partial charge in [0.25, 0.3) is 0 Å². The molecule has 0 saturated heterocycles. The van der Waals surface area contributed by atoms with Gasteiger partial charge < -0.3 is 14.8 Å². The van der Waals surface area contributed by atoms with Gasteiger partial charge in [-0.3, -0.25) is 4.79 Å². The van der Waals surface area contributed by atoms with Gasteiger partial charge in [-0.05, 0) is 31.5 Å². The van der Waals surface area contributed by atoms with Gasteiger partial charge in [-0.15, -0.1) is 0 Å². The molecule has 0 bridgehead atoms. The van der Waals surface area contributed by atoms with Crippen LogP contribution in [0.5, 0.6) is 5.75 Å². The third kappa shape index (κ3) is 5.98. The average molecular weight is 372 g/mol. The van der Waals surface area contributed by atoms with Crippen molar-refractivity contribution in [3.63, 3.8) is 0 Å². The number of rotatable bonds is 11. The van der Waals surface area contributed by atoms with E-state index >= 15 is 0 Å². The van der Waals surface area contributed by atoms with E-state index in [9.17, 15) is 13.2 Å². The number of nitrogens with zero attached hydrogens (tertiary/aromatic N) is 1. The summed E-state index contributed by atoms with van der Waals surface area (Å²) in [6.45, 7) is 8.77. The summed E-state index contributed by atoms with van der Waals surface area (Å²) in [5.74, 6) is -0.0570. The van der Waals surface area contributed by atoms with Gasteiger partial charge in [0.1, 0.15) is 17.3 Å². The molecule has 0 aromatic heterocycles. The molecule has 0 spiro atoms. The van der Waals surface area contributed by atoms with Gasteiger partial charge in [-0.1, -0.05) is 20.8 Å². The first-order valence-electron chi connectivity index (χ1n) is 8.55. The quantitative estimate of drug-likeness (QED) is 0.603. The smallest absolute Gasteiger partial charge is 0.250 e. The molecule has 25 heavy (non-hydrogen) atoms. The van der Waals surface area contributed by atoms with Crippen LogP contribution in [-0.2, 0) is 19.6 Å². The maximum Gasteiger partial charge on any atom is 0.250 e. The summed E-state index contributed by atoms with van der Waals surface area (Å²) in [7, 11) is -3.71. The molecule has 0 radical (unpaired) electrons. The zero-order chi connectivity index (χ0) is 18.9. The summed E-state index contributed by atoms with van der Waals surface area (Å²) < 4.78 is 37.7. The molecule has 1 aromatic rings. The summed E-state index contributed by atoms with van der Waals surface area (Å²) in [6.07, 6.45) is 0.822. The normalized spacial score (nSPS) is 11.6. The van der Waals surface area contributed by atoms with Crippen LogP contribution in [-0.4, -0.2) is 51.5 Å². The molecule has 0 aliphatic rings. The number of amides is 1. The lowest BCUT2D eigenvalue weighted by molar-refractivity contribution is -0.120. The van der Waals surface area contributed by atoms with E-state index in [1.54, 1.807) is 32.9 Å². The van der Waals surface area contributed by atoms with Crippen molar-refractivity contribution in [1.29, 1.82) is 0 Å². The standard InChI is InChI=1S/C17H28N2O5S/c1-5-11-23-13-17(20)18-14-9-10-15(24-8-4)16(12-14)25(21,22)19(6-2)7-3/h9-10,12H,5-8,11,13H2,1-4H3,(H,18,20). The number of sulfonamides is 1. The van der Waals surface area contributed by atoms with Gasteiger partial charge in [0.2, 0.25) is 15.9 Å². The lowest BCUT2D eigenvalue weighted by Gasteiger charge is -2.21. The molecular weight excluding hydrogens is 344 g/mol. The number of anilines is 1. The highest BCUT2D eigenvalue weighted by molar-refractivity contribution is 7.89. The van der Waals surface area contributed by atoms with Crippen molar-refractivity contribution in [1.82, 2.24) is 4.31 Å². The number of hydrogen-bond acceptors (Lipinski definition) is 5. The van der Waals surface area contributed by atoms with E-state index in [2.05, 4.69) is 5.32 Å². The van der Waals surface area contributed by atoms with Gasteiger partial charge >= 0.3 is 0 Å². The fourth-order valence-electron chi connectivity index (χ4n) is 2.27. The molecule has 0 fully saturated rings. The van der Waals surface area contributed by atoms with Crippen LogP contribution in [0.25, 0.3) is 0 Å². The Hall–Kier alpha value is -1.64. The summed E-state index contributed by atoms with van der Waals surface area (Å²) >= 11 is 0. The summed E-state index contributed by atoms with van der Waals surface area (Å²) in [6, 6.07) is 4.60. The van der Waals surface area contributed by atoms with Gasteiger partial charge in [0, 0.05) is 25.4 Å². The van der Waals surface area contributed by atoms with E-state index in [0.29, 0.717) is 32.0 Å². The third-order valence-electron chi connectivity index (χ3n) is 3.43. The van der Waals surface area contributed by atoms with Crippen LogP contribution in [0.3, 0.4) is 0 Å². The fourth-order valence-corrected chi connectivity index (χ4v) is 3.89. The predicted molar refractivity (Wildman–Crippen MR) is 97.5 cm³/mol. The van der Waals surface area contributed by atoms with E-state index in [-0.39, 0.29) is 23.2 Å². The van der Waals surface area contributed by atoms with Gasteiger partial charge in [0.15, 0.2) is 0 Å². The summed E-state index contributed by atoms with van der Waals surface area (Å²) in [4.78, 5) is 11.9. The highest BCUT2D eigenvalue weighted by atomic mass is 32.2. The van der Waals surface area contributed by atoms with Crippen LogP contribution >= 0.6 is 0 Å². The van der Waals surface area contributed by atoms with E-state index in [0.717, 1.165) is 6.42 Å². The molecule has 0 saturated carbocycles. The molecule has 1 amide bonds. The highest BCUT2D eigenvalue weighted by Gasteiger charge is 2.26.